The van der Waals surface area contributed by atoms with E-state index in [9.17, 15) is 4.79 Å². The normalized spacial score (nSPS) is 27.9. The molecule has 1 aliphatic carbocycles. The predicted octanol–water partition coefficient (Wildman–Crippen LogP) is 4.43. The number of methoxy groups -OCH3 is 1. The standard InChI is InChI=1S/C24H30N2O3S/c1-24(2)14-19-17(8-9-20(28-3)22(19)29-24)21-16-6-4-5-7-18(16)23(27)26(25-21)15-10-12-30-13-11-15/h4-5,8-9,15-16,18H,6-7,10-14H2,1-3H3. The Morgan fingerprint density at radius 3 is 2.63 bits per heavy atom. The number of nitrogens with zero attached hydrogens (tertiary/aromatic N) is 2. The first kappa shape index (κ1) is 20.0. The molecule has 4 aliphatic rings. The Bertz CT molecular complexity index is 917. The minimum Gasteiger partial charge on any atom is -0.493 e. The summed E-state index contributed by atoms with van der Waals surface area (Å²) < 4.78 is 11.9. The molecule has 0 bridgehead atoms. The van der Waals surface area contributed by atoms with E-state index in [2.05, 4.69) is 32.1 Å². The highest BCUT2D eigenvalue weighted by atomic mass is 32.2. The summed E-state index contributed by atoms with van der Waals surface area (Å²) in [7, 11) is 1.69. The maximum atomic E-state index is 13.4. The third-order valence-corrected chi connectivity index (χ3v) is 7.83. The smallest absolute Gasteiger partial charge is 0.247 e. The first-order chi connectivity index (χ1) is 14.5. The molecule has 3 aliphatic heterocycles. The van der Waals surface area contributed by atoms with Gasteiger partial charge in [0, 0.05) is 23.5 Å². The fraction of sp³-hybridized carbons (Fsp3) is 0.583. The number of hydrogen-bond acceptors (Lipinski definition) is 5. The summed E-state index contributed by atoms with van der Waals surface area (Å²) in [6.07, 6.45) is 8.92. The number of rotatable bonds is 3. The fourth-order valence-electron chi connectivity index (χ4n) is 5.28. The lowest BCUT2D eigenvalue weighted by Gasteiger charge is -2.41. The highest BCUT2D eigenvalue weighted by molar-refractivity contribution is 7.99. The third-order valence-electron chi connectivity index (χ3n) is 6.78. The van der Waals surface area contributed by atoms with Crippen LogP contribution in [0.1, 0.15) is 50.7 Å². The van der Waals surface area contributed by atoms with E-state index in [1.165, 1.54) is 5.56 Å². The fourth-order valence-corrected chi connectivity index (χ4v) is 6.36. The quantitative estimate of drug-likeness (QED) is 0.671. The van der Waals surface area contributed by atoms with E-state index in [0.717, 1.165) is 66.4 Å². The molecule has 0 aromatic heterocycles. The van der Waals surface area contributed by atoms with Crippen LogP contribution < -0.4 is 9.47 Å². The van der Waals surface area contributed by atoms with E-state index in [-0.39, 0.29) is 29.4 Å². The molecule has 5 nitrogen and oxygen atoms in total. The summed E-state index contributed by atoms with van der Waals surface area (Å²) in [6.45, 7) is 4.22. The molecule has 0 spiro atoms. The van der Waals surface area contributed by atoms with Crippen molar-refractivity contribution in [2.75, 3.05) is 18.6 Å². The Morgan fingerprint density at radius 2 is 1.90 bits per heavy atom. The van der Waals surface area contributed by atoms with Gasteiger partial charge in [0.15, 0.2) is 11.5 Å². The maximum Gasteiger partial charge on any atom is 0.247 e. The van der Waals surface area contributed by atoms with Crippen LogP contribution in [0, 0.1) is 11.8 Å². The average Bonchev–Trinajstić information content (AvgIpc) is 3.09. The van der Waals surface area contributed by atoms with Crippen LogP contribution in [0.2, 0.25) is 0 Å². The Balaban J connectivity index is 1.62. The van der Waals surface area contributed by atoms with Crippen LogP contribution in [0.5, 0.6) is 11.5 Å². The van der Waals surface area contributed by atoms with Crippen LogP contribution in [-0.4, -0.2) is 46.9 Å². The predicted molar refractivity (Wildman–Crippen MR) is 120 cm³/mol. The lowest BCUT2D eigenvalue weighted by molar-refractivity contribution is -0.140. The molecular weight excluding hydrogens is 396 g/mol. The van der Waals surface area contributed by atoms with Crippen molar-refractivity contribution in [3.63, 3.8) is 0 Å². The largest absolute Gasteiger partial charge is 0.493 e. The molecule has 3 heterocycles. The highest BCUT2D eigenvalue weighted by Gasteiger charge is 2.44. The first-order valence-electron chi connectivity index (χ1n) is 11.0. The van der Waals surface area contributed by atoms with Gasteiger partial charge >= 0.3 is 0 Å². The molecule has 1 aromatic carbocycles. The molecule has 2 unspecified atom stereocenters. The van der Waals surface area contributed by atoms with Gasteiger partial charge in [-0.1, -0.05) is 12.2 Å². The van der Waals surface area contributed by atoms with Crippen LogP contribution in [0.4, 0.5) is 0 Å². The van der Waals surface area contributed by atoms with Gasteiger partial charge in [0.1, 0.15) is 5.60 Å². The number of hydrazone groups is 1. The molecule has 160 valence electrons. The van der Waals surface area contributed by atoms with Gasteiger partial charge in [-0.05, 0) is 63.2 Å². The van der Waals surface area contributed by atoms with Gasteiger partial charge in [-0.25, -0.2) is 5.01 Å². The van der Waals surface area contributed by atoms with Gasteiger partial charge in [0.05, 0.1) is 24.8 Å². The zero-order valence-corrected chi connectivity index (χ0v) is 18.8. The summed E-state index contributed by atoms with van der Waals surface area (Å²) in [6, 6.07) is 4.34. The molecule has 0 radical (unpaired) electrons. The molecule has 5 rings (SSSR count). The van der Waals surface area contributed by atoms with Crippen molar-refractivity contribution in [1.82, 2.24) is 5.01 Å². The Kier molecular flexibility index (Phi) is 5.08. The number of fused-ring (bicyclic) bond motifs is 2. The lowest BCUT2D eigenvalue weighted by Crippen LogP contribution is -2.50. The van der Waals surface area contributed by atoms with Crippen molar-refractivity contribution in [3.8, 4) is 11.5 Å². The summed E-state index contributed by atoms with van der Waals surface area (Å²) >= 11 is 1.98. The number of carbonyl (C=O) groups is 1. The van der Waals surface area contributed by atoms with Crippen LogP contribution in [0.15, 0.2) is 29.4 Å². The van der Waals surface area contributed by atoms with Crippen LogP contribution in [0.3, 0.4) is 0 Å². The Labute approximate surface area is 182 Å². The van der Waals surface area contributed by atoms with Crippen LogP contribution in [0.25, 0.3) is 0 Å². The summed E-state index contributed by atoms with van der Waals surface area (Å²) in [4.78, 5) is 13.4. The van der Waals surface area contributed by atoms with Crippen molar-refractivity contribution >= 4 is 23.4 Å². The highest BCUT2D eigenvalue weighted by Crippen LogP contribution is 2.46. The van der Waals surface area contributed by atoms with Crippen molar-refractivity contribution in [1.29, 1.82) is 0 Å². The second kappa shape index (κ2) is 7.63. The van der Waals surface area contributed by atoms with Crippen molar-refractivity contribution in [2.45, 2.75) is 57.6 Å². The topological polar surface area (TPSA) is 51.1 Å². The second-order valence-electron chi connectivity index (χ2n) is 9.33. The van der Waals surface area contributed by atoms with E-state index < -0.39 is 0 Å². The molecule has 1 amide bonds. The molecule has 1 aromatic rings. The van der Waals surface area contributed by atoms with E-state index in [1.807, 2.05) is 22.8 Å². The molecule has 6 heteroatoms. The van der Waals surface area contributed by atoms with E-state index >= 15 is 0 Å². The molecule has 1 fully saturated rings. The van der Waals surface area contributed by atoms with Crippen LogP contribution in [-0.2, 0) is 11.2 Å². The second-order valence-corrected chi connectivity index (χ2v) is 10.6. The van der Waals surface area contributed by atoms with Gasteiger partial charge in [-0.3, -0.25) is 4.79 Å². The van der Waals surface area contributed by atoms with Gasteiger partial charge in [0.25, 0.3) is 0 Å². The molecular formula is C24H30N2O3S. The van der Waals surface area contributed by atoms with Crippen molar-refractivity contribution < 1.29 is 14.3 Å². The average molecular weight is 427 g/mol. The third kappa shape index (κ3) is 3.33. The lowest BCUT2D eigenvalue weighted by atomic mass is 9.75. The maximum absolute atomic E-state index is 13.4. The monoisotopic (exact) mass is 426 g/mol. The Morgan fingerprint density at radius 1 is 1.17 bits per heavy atom. The van der Waals surface area contributed by atoms with Gasteiger partial charge in [0.2, 0.25) is 5.91 Å². The first-order valence-corrected chi connectivity index (χ1v) is 12.2. The van der Waals surface area contributed by atoms with Gasteiger partial charge < -0.3 is 9.47 Å². The van der Waals surface area contributed by atoms with E-state index in [0.29, 0.717) is 0 Å². The number of hydrogen-bond donors (Lipinski definition) is 0. The molecule has 0 N–H and O–H groups in total. The summed E-state index contributed by atoms with van der Waals surface area (Å²) in [5, 5.41) is 6.94. The molecule has 0 saturated carbocycles. The Hall–Kier alpha value is -1.95. The summed E-state index contributed by atoms with van der Waals surface area (Å²) in [5.74, 6) is 4.16. The van der Waals surface area contributed by atoms with Crippen LogP contribution >= 0.6 is 11.8 Å². The zero-order chi connectivity index (χ0) is 20.9. The number of ether oxygens (including phenoxy) is 2. The van der Waals surface area contributed by atoms with Crippen molar-refractivity contribution in [3.05, 3.63) is 35.4 Å². The van der Waals surface area contributed by atoms with Gasteiger partial charge in [-0.2, -0.15) is 16.9 Å². The van der Waals surface area contributed by atoms with E-state index in [4.69, 9.17) is 14.6 Å². The zero-order valence-electron chi connectivity index (χ0n) is 18.0. The number of carbonyl (C=O) groups excluding carboxylic acids is 1. The number of benzene rings is 1. The van der Waals surface area contributed by atoms with Gasteiger partial charge in [-0.15, -0.1) is 0 Å². The van der Waals surface area contributed by atoms with Crippen molar-refractivity contribution in [2.24, 2.45) is 16.9 Å². The molecule has 2 atom stereocenters. The minimum atomic E-state index is -0.275. The summed E-state index contributed by atoms with van der Waals surface area (Å²) in [5.41, 5.74) is 3.08. The number of thioether (sulfide) groups is 1. The molecule has 1 saturated heterocycles. The SMILES string of the molecule is COc1ccc(C2=NN(C3CCSCC3)C(=O)C3CC=CCC23)c2c1OC(C)(C)C2. The minimum absolute atomic E-state index is 0.00911. The number of amides is 1. The van der Waals surface area contributed by atoms with E-state index in [1.54, 1.807) is 7.11 Å². The number of allylic oxidation sites excluding steroid dienone is 2. The molecule has 30 heavy (non-hydrogen) atoms.